The molecule has 4 nitrogen and oxygen atoms in total. The fraction of sp³-hybridized carbons (Fsp3) is 0.909. The maximum atomic E-state index is 8.70. The molecule has 0 aromatic heterocycles. The lowest BCUT2D eigenvalue weighted by atomic mass is 10.0. The third-order valence-electron chi connectivity index (χ3n) is 3.47. The summed E-state index contributed by atoms with van der Waals surface area (Å²) >= 11 is 0. The predicted molar refractivity (Wildman–Crippen MR) is 62.1 cm³/mol. The average molecular weight is 213 g/mol. The average Bonchev–Trinajstić information content (AvgIpc) is 2.72. The second-order valence-corrected chi connectivity index (χ2v) is 4.36. The van der Waals surface area contributed by atoms with Crippen molar-refractivity contribution in [1.29, 1.82) is 0 Å². The third-order valence-corrected chi connectivity index (χ3v) is 3.47. The molecule has 15 heavy (non-hydrogen) atoms. The van der Waals surface area contributed by atoms with E-state index < -0.39 is 0 Å². The fourth-order valence-corrected chi connectivity index (χ4v) is 2.32. The maximum absolute atomic E-state index is 8.70. The molecule has 1 unspecified atom stereocenters. The Morgan fingerprint density at radius 2 is 2.20 bits per heavy atom. The number of nitrogens with zero attached hydrogens (tertiary/aromatic N) is 2. The van der Waals surface area contributed by atoms with Gasteiger partial charge >= 0.3 is 0 Å². The van der Waals surface area contributed by atoms with Crippen LogP contribution in [0.5, 0.6) is 0 Å². The highest BCUT2D eigenvalue weighted by Crippen LogP contribution is 2.21. The Bertz CT molecular complexity index is 214. The van der Waals surface area contributed by atoms with E-state index >= 15 is 0 Å². The van der Waals surface area contributed by atoms with Gasteiger partial charge in [-0.15, -0.1) is 0 Å². The van der Waals surface area contributed by atoms with E-state index in [-0.39, 0.29) is 6.04 Å². The molecule has 3 N–H and O–H groups in total. The van der Waals surface area contributed by atoms with Gasteiger partial charge in [0.1, 0.15) is 0 Å². The summed E-state index contributed by atoms with van der Waals surface area (Å²) in [6.45, 7) is 6.61. The number of nitrogens with two attached hydrogens (primary N) is 1. The molecule has 0 bridgehead atoms. The van der Waals surface area contributed by atoms with Gasteiger partial charge in [0, 0.05) is 6.54 Å². The third kappa shape index (κ3) is 3.09. The van der Waals surface area contributed by atoms with Crippen LogP contribution < -0.4 is 5.73 Å². The second-order valence-electron chi connectivity index (χ2n) is 4.36. The van der Waals surface area contributed by atoms with Crippen LogP contribution in [0.2, 0.25) is 0 Å². The molecule has 1 fully saturated rings. The van der Waals surface area contributed by atoms with Crippen LogP contribution >= 0.6 is 0 Å². The van der Waals surface area contributed by atoms with Crippen LogP contribution in [0, 0.1) is 5.92 Å². The van der Waals surface area contributed by atoms with Crippen LogP contribution in [0.25, 0.3) is 0 Å². The first-order chi connectivity index (χ1) is 7.22. The van der Waals surface area contributed by atoms with Gasteiger partial charge in [-0.2, -0.15) is 0 Å². The molecule has 0 spiro atoms. The van der Waals surface area contributed by atoms with Crippen LogP contribution in [0.3, 0.4) is 0 Å². The molecule has 88 valence electrons. The monoisotopic (exact) mass is 213 g/mol. The quantitative estimate of drug-likeness (QED) is 0.316. The van der Waals surface area contributed by atoms with Crippen LogP contribution in [0.4, 0.5) is 0 Å². The SMILES string of the molecule is CCC(CC)CN1CCCC1C(N)=NO. The molecule has 1 atom stereocenters. The molecule has 0 aliphatic carbocycles. The fourth-order valence-electron chi connectivity index (χ4n) is 2.32. The summed E-state index contributed by atoms with van der Waals surface area (Å²) in [6, 6.07) is 0.163. The van der Waals surface area contributed by atoms with Gasteiger partial charge in [-0.1, -0.05) is 31.8 Å². The van der Waals surface area contributed by atoms with Crippen LogP contribution in [0.1, 0.15) is 39.5 Å². The Hall–Kier alpha value is -0.770. The summed E-state index contributed by atoms with van der Waals surface area (Å²) in [4.78, 5) is 2.35. The van der Waals surface area contributed by atoms with Crippen molar-refractivity contribution in [3.05, 3.63) is 0 Å². The Kier molecular flexibility index (Phi) is 4.88. The zero-order chi connectivity index (χ0) is 11.3. The van der Waals surface area contributed by atoms with Crippen molar-refractivity contribution in [1.82, 2.24) is 4.90 Å². The molecule has 0 saturated carbocycles. The summed E-state index contributed by atoms with van der Waals surface area (Å²) in [7, 11) is 0. The molecule has 1 saturated heterocycles. The highest BCUT2D eigenvalue weighted by molar-refractivity contribution is 5.85. The Labute approximate surface area is 92.1 Å². The summed E-state index contributed by atoms with van der Waals surface area (Å²) < 4.78 is 0. The molecule has 0 radical (unpaired) electrons. The van der Waals surface area contributed by atoms with Gasteiger partial charge in [-0.3, -0.25) is 4.90 Å². The van der Waals surface area contributed by atoms with Crippen molar-refractivity contribution in [2.75, 3.05) is 13.1 Å². The highest BCUT2D eigenvalue weighted by Gasteiger charge is 2.28. The number of amidine groups is 1. The van der Waals surface area contributed by atoms with E-state index in [4.69, 9.17) is 10.9 Å². The molecule has 1 aliphatic rings. The largest absolute Gasteiger partial charge is 0.409 e. The molecule has 4 heteroatoms. The van der Waals surface area contributed by atoms with E-state index in [1.165, 1.54) is 12.8 Å². The van der Waals surface area contributed by atoms with Gasteiger partial charge in [-0.05, 0) is 25.3 Å². The Balaban J connectivity index is 2.53. The van der Waals surface area contributed by atoms with Crippen molar-refractivity contribution >= 4 is 5.84 Å². The number of rotatable bonds is 5. The van der Waals surface area contributed by atoms with Crippen molar-refractivity contribution in [2.24, 2.45) is 16.8 Å². The molecular weight excluding hydrogens is 190 g/mol. The van der Waals surface area contributed by atoms with Crippen LogP contribution in [-0.2, 0) is 0 Å². The van der Waals surface area contributed by atoms with Crippen molar-refractivity contribution < 1.29 is 5.21 Å². The maximum Gasteiger partial charge on any atom is 0.156 e. The first-order valence-corrected chi connectivity index (χ1v) is 5.94. The molecular formula is C11H23N3O. The number of hydrogen-bond donors (Lipinski definition) is 2. The lowest BCUT2D eigenvalue weighted by Crippen LogP contribution is -2.42. The van der Waals surface area contributed by atoms with Crippen molar-refractivity contribution in [3.8, 4) is 0 Å². The minimum Gasteiger partial charge on any atom is -0.409 e. The van der Waals surface area contributed by atoms with Gasteiger partial charge in [-0.25, -0.2) is 0 Å². The van der Waals surface area contributed by atoms with Crippen molar-refractivity contribution in [3.63, 3.8) is 0 Å². The Morgan fingerprint density at radius 3 is 2.73 bits per heavy atom. The normalized spacial score (nSPS) is 23.9. The van der Waals surface area contributed by atoms with Crippen LogP contribution in [0.15, 0.2) is 5.16 Å². The number of oxime groups is 1. The minimum absolute atomic E-state index is 0.163. The molecule has 1 aliphatic heterocycles. The van der Waals surface area contributed by atoms with Gasteiger partial charge in [0.2, 0.25) is 0 Å². The first kappa shape index (κ1) is 12.3. The molecule has 0 aromatic rings. The van der Waals surface area contributed by atoms with Gasteiger partial charge in [0.15, 0.2) is 5.84 Å². The van der Waals surface area contributed by atoms with Gasteiger partial charge in [0.25, 0.3) is 0 Å². The van der Waals surface area contributed by atoms with E-state index in [0.717, 1.165) is 31.8 Å². The van der Waals surface area contributed by atoms with E-state index in [1.54, 1.807) is 0 Å². The minimum atomic E-state index is 0.163. The smallest absolute Gasteiger partial charge is 0.156 e. The Morgan fingerprint density at radius 1 is 1.53 bits per heavy atom. The zero-order valence-corrected chi connectivity index (χ0v) is 9.82. The summed E-state index contributed by atoms with van der Waals surface area (Å²) in [5.74, 6) is 1.11. The summed E-state index contributed by atoms with van der Waals surface area (Å²) in [6.07, 6.45) is 4.59. The first-order valence-electron chi connectivity index (χ1n) is 5.94. The van der Waals surface area contributed by atoms with Gasteiger partial charge in [0.05, 0.1) is 6.04 Å². The topological polar surface area (TPSA) is 61.8 Å². The number of hydrogen-bond acceptors (Lipinski definition) is 3. The zero-order valence-electron chi connectivity index (χ0n) is 9.82. The lowest BCUT2D eigenvalue weighted by Gasteiger charge is -2.27. The predicted octanol–water partition coefficient (Wildman–Crippen LogP) is 1.63. The van der Waals surface area contributed by atoms with E-state index in [1.807, 2.05) is 0 Å². The highest BCUT2D eigenvalue weighted by atomic mass is 16.4. The van der Waals surface area contributed by atoms with Gasteiger partial charge < -0.3 is 10.9 Å². The van der Waals surface area contributed by atoms with Crippen LogP contribution in [-0.4, -0.2) is 35.1 Å². The lowest BCUT2D eigenvalue weighted by molar-refractivity contribution is 0.236. The standard InChI is InChI=1S/C11H23N3O/c1-3-9(4-2)8-14-7-5-6-10(14)11(12)13-15/h9-10,15H,3-8H2,1-2H3,(H2,12,13). The van der Waals surface area contributed by atoms with Crippen molar-refractivity contribution in [2.45, 2.75) is 45.6 Å². The molecule has 1 rings (SSSR count). The summed E-state index contributed by atoms with van der Waals surface area (Å²) in [5.41, 5.74) is 5.69. The molecule has 0 amide bonds. The van der Waals surface area contributed by atoms with E-state index in [9.17, 15) is 0 Å². The second kappa shape index (κ2) is 5.95. The molecule has 0 aromatic carbocycles. The van der Waals surface area contributed by atoms with E-state index in [2.05, 4.69) is 23.9 Å². The number of likely N-dealkylation sites (tertiary alicyclic amines) is 1. The molecule has 1 heterocycles. The van der Waals surface area contributed by atoms with E-state index in [0.29, 0.717) is 5.84 Å². The summed E-state index contributed by atoms with van der Waals surface area (Å²) in [5, 5.41) is 11.8.